The topological polar surface area (TPSA) is 66.9 Å². The first-order valence-corrected chi connectivity index (χ1v) is 14.2. The van der Waals surface area contributed by atoms with Gasteiger partial charge in [0.2, 0.25) is 11.8 Å². The molecule has 39 heavy (non-hydrogen) atoms. The Bertz CT molecular complexity index is 927. The summed E-state index contributed by atoms with van der Waals surface area (Å²) in [5.41, 5.74) is 0. The standard InChI is InChI=1S/C33H48N2O4/c1-5-6-7-8-9-10-11-12-13-14-15-16-17-18-19-20-21-22-23-24-31(36)34-27-29(2)35(30(3)28-34)32(37)25-26-33(38)39-4/h6-7,9-10,12-13,15-16,18-19,21-22,25-26,29-30H,5,8,11,14,17,20,23-24,27-28H2,1-4H3/b7-6-,10-9-,13-12-,16-15-,19-18-,22-21-,26-25?/t29-,30+. The number of rotatable bonds is 16. The summed E-state index contributed by atoms with van der Waals surface area (Å²) >= 11 is 0. The van der Waals surface area contributed by atoms with Crippen molar-refractivity contribution in [2.75, 3.05) is 20.2 Å². The smallest absolute Gasteiger partial charge is 0.330 e. The Labute approximate surface area is 236 Å². The summed E-state index contributed by atoms with van der Waals surface area (Å²) in [6, 6.07) is -0.253. The maximum absolute atomic E-state index is 12.7. The lowest BCUT2D eigenvalue weighted by Gasteiger charge is -2.44. The van der Waals surface area contributed by atoms with Crippen LogP contribution in [0.15, 0.2) is 85.1 Å². The summed E-state index contributed by atoms with van der Waals surface area (Å²) in [5.74, 6) is -0.706. The van der Waals surface area contributed by atoms with Crippen molar-refractivity contribution < 1.29 is 19.1 Å². The van der Waals surface area contributed by atoms with Gasteiger partial charge in [0.1, 0.15) is 0 Å². The molecule has 6 nitrogen and oxygen atoms in total. The van der Waals surface area contributed by atoms with Crippen LogP contribution in [0.2, 0.25) is 0 Å². The van der Waals surface area contributed by atoms with Crippen LogP contribution in [-0.2, 0) is 19.1 Å². The highest BCUT2D eigenvalue weighted by molar-refractivity contribution is 5.95. The van der Waals surface area contributed by atoms with Crippen LogP contribution in [0.1, 0.15) is 72.1 Å². The minimum atomic E-state index is -0.563. The Morgan fingerprint density at radius 3 is 1.56 bits per heavy atom. The molecule has 0 N–H and O–H groups in total. The van der Waals surface area contributed by atoms with Gasteiger partial charge >= 0.3 is 5.97 Å². The molecule has 1 aliphatic rings. The van der Waals surface area contributed by atoms with E-state index >= 15 is 0 Å². The van der Waals surface area contributed by atoms with Gasteiger partial charge in [-0.1, -0.05) is 79.8 Å². The molecule has 2 atom stereocenters. The second kappa shape index (κ2) is 21.5. The van der Waals surface area contributed by atoms with Crippen molar-refractivity contribution in [3.8, 4) is 0 Å². The molecule has 0 aliphatic carbocycles. The summed E-state index contributed by atoms with van der Waals surface area (Å²) < 4.78 is 4.54. The minimum absolute atomic E-state index is 0.102. The first kappa shape index (κ1) is 33.6. The van der Waals surface area contributed by atoms with Crippen molar-refractivity contribution in [3.63, 3.8) is 0 Å². The summed E-state index contributed by atoms with van der Waals surface area (Å²) in [5, 5.41) is 0. The first-order valence-electron chi connectivity index (χ1n) is 14.2. The fourth-order valence-corrected chi connectivity index (χ4v) is 4.26. The van der Waals surface area contributed by atoms with Gasteiger partial charge in [-0.2, -0.15) is 0 Å². The molecule has 0 aromatic rings. The molecule has 6 heteroatoms. The number of esters is 1. The number of amides is 2. The van der Waals surface area contributed by atoms with E-state index in [0.29, 0.717) is 25.9 Å². The molecule has 1 saturated heterocycles. The fraction of sp³-hybridized carbons (Fsp3) is 0.485. The third-order valence-corrected chi connectivity index (χ3v) is 6.21. The Morgan fingerprint density at radius 2 is 1.13 bits per heavy atom. The maximum atomic E-state index is 12.7. The molecule has 0 saturated carbocycles. The van der Waals surface area contributed by atoms with E-state index in [0.717, 1.165) is 44.6 Å². The summed E-state index contributed by atoms with van der Waals surface area (Å²) in [7, 11) is 1.27. The van der Waals surface area contributed by atoms with E-state index in [2.05, 4.69) is 84.6 Å². The molecule has 1 fully saturated rings. The quantitative estimate of drug-likeness (QED) is 0.126. The lowest BCUT2D eigenvalue weighted by atomic mass is 10.1. The molecule has 2 amide bonds. The van der Waals surface area contributed by atoms with Crippen molar-refractivity contribution in [2.45, 2.75) is 84.2 Å². The van der Waals surface area contributed by atoms with Crippen LogP contribution in [0.25, 0.3) is 0 Å². The van der Waals surface area contributed by atoms with E-state index in [1.807, 2.05) is 18.7 Å². The van der Waals surface area contributed by atoms with Crippen LogP contribution in [0.3, 0.4) is 0 Å². The molecule has 0 radical (unpaired) electrons. The zero-order valence-corrected chi connectivity index (χ0v) is 24.3. The lowest BCUT2D eigenvalue weighted by Crippen LogP contribution is -2.59. The van der Waals surface area contributed by atoms with Gasteiger partial charge in [-0.15, -0.1) is 0 Å². The van der Waals surface area contributed by atoms with Crippen molar-refractivity contribution in [1.82, 2.24) is 9.80 Å². The highest BCUT2D eigenvalue weighted by Gasteiger charge is 2.33. The second-order valence-electron chi connectivity index (χ2n) is 9.55. The number of ether oxygens (including phenoxy) is 1. The van der Waals surface area contributed by atoms with E-state index < -0.39 is 5.97 Å². The zero-order valence-electron chi connectivity index (χ0n) is 24.3. The van der Waals surface area contributed by atoms with Crippen molar-refractivity contribution in [3.05, 3.63) is 85.1 Å². The molecule has 1 heterocycles. The van der Waals surface area contributed by atoms with E-state index in [1.54, 1.807) is 4.90 Å². The van der Waals surface area contributed by atoms with Crippen LogP contribution in [0.4, 0.5) is 0 Å². The first-order chi connectivity index (χ1) is 18.9. The van der Waals surface area contributed by atoms with Crippen LogP contribution in [0.5, 0.6) is 0 Å². The zero-order chi connectivity index (χ0) is 28.7. The van der Waals surface area contributed by atoms with Crippen molar-refractivity contribution >= 4 is 17.8 Å². The molecule has 0 spiro atoms. The predicted octanol–water partition coefficient (Wildman–Crippen LogP) is 6.64. The highest BCUT2D eigenvalue weighted by atomic mass is 16.5. The number of carbonyl (C=O) groups excluding carboxylic acids is 3. The van der Waals surface area contributed by atoms with E-state index in [9.17, 15) is 14.4 Å². The van der Waals surface area contributed by atoms with Crippen LogP contribution >= 0.6 is 0 Å². The van der Waals surface area contributed by atoms with Gasteiger partial charge in [0.25, 0.3) is 0 Å². The van der Waals surface area contributed by atoms with E-state index in [-0.39, 0.29) is 23.9 Å². The molecular formula is C33H48N2O4. The number of carbonyl (C=O) groups is 3. The number of methoxy groups -OCH3 is 1. The molecule has 0 aromatic heterocycles. The summed E-state index contributed by atoms with van der Waals surface area (Å²) in [6.45, 7) is 6.97. The van der Waals surface area contributed by atoms with Crippen LogP contribution in [0, 0.1) is 0 Å². The largest absolute Gasteiger partial charge is 0.466 e. The van der Waals surface area contributed by atoms with E-state index in [4.69, 9.17) is 0 Å². The number of nitrogens with zero attached hydrogens (tertiary/aromatic N) is 2. The summed E-state index contributed by atoms with van der Waals surface area (Å²) in [4.78, 5) is 40.0. The normalized spacial score (nSPS) is 18.9. The third kappa shape index (κ3) is 15.6. The second-order valence-corrected chi connectivity index (χ2v) is 9.55. The fourth-order valence-electron chi connectivity index (χ4n) is 4.26. The molecule has 0 aromatic carbocycles. The van der Waals surface area contributed by atoms with Gasteiger partial charge in [-0.05, 0) is 58.8 Å². The molecule has 1 rings (SSSR count). The average Bonchev–Trinajstić information content (AvgIpc) is 2.92. The van der Waals surface area contributed by atoms with Gasteiger partial charge in [0.05, 0.1) is 7.11 Å². The van der Waals surface area contributed by atoms with Gasteiger partial charge in [0, 0.05) is 43.7 Å². The highest BCUT2D eigenvalue weighted by Crippen LogP contribution is 2.18. The van der Waals surface area contributed by atoms with Gasteiger partial charge in [-0.3, -0.25) is 9.59 Å². The molecule has 0 bridgehead atoms. The third-order valence-electron chi connectivity index (χ3n) is 6.21. The Hall–Kier alpha value is -3.41. The summed E-state index contributed by atoms with van der Waals surface area (Å²) in [6.07, 6.45) is 35.4. The van der Waals surface area contributed by atoms with Crippen molar-refractivity contribution in [1.29, 1.82) is 0 Å². The Kier molecular flexibility index (Phi) is 18.5. The molecular weight excluding hydrogens is 488 g/mol. The number of hydrogen-bond acceptors (Lipinski definition) is 4. The number of hydrogen-bond donors (Lipinski definition) is 0. The van der Waals surface area contributed by atoms with Crippen LogP contribution in [-0.4, -0.2) is 59.9 Å². The Balaban J connectivity index is 2.21. The molecule has 0 unspecified atom stereocenters. The lowest BCUT2D eigenvalue weighted by molar-refractivity contribution is -0.143. The number of piperazine rings is 1. The number of allylic oxidation sites excluding steroid dienone is 12. The SMILES string of the molecule is CC/C=C\C/C=C\C/C=C\C/C=C\C/C=C\C/C=C\CCC(=O)N1C[C@@H](C)N(C(=O)C=CC(=O)OC)[C@@H](C)C1. The van der Waals surface area contributed by atoms with E-state index in [1.165, 1.54) is 13.2 Å². The molecule has 214 valence electrons. The van der Waals surface area contributed by atoms with Gasteiger partial charge in [0.15, 0.2) is 0 Å². The van der Waals surface area contributed by atoms with Gasteiger partial charge < -0.3 is 14.5 Å². The minimum Gasteiger partial charge on any atom is -0.466 e. The maximum Gasteiger partial charge on any atom is 0.330 e. The monoisotopic (exact) mass is 536 g/mol. The molecule has 1 aliphatic heterocycles. The van der Waals surface area contributed by atoms with Gasteiger partial charge in [-0.25, -0.2) is 4.79 Å². The Morgan fingerprint density at radius 1 is 0.692 bits per heavy atom. The van der Waals surface area contributed by atoms with Crippen LogP contribution < -0.4 is 0 Å². The average molecular weight is 537 g/mol. The van der Waals surface area contributed by atoms with Crippen molar-refractivity contribution in [2.24, 2.45) is 0 Å². The predicted molar refractivity (Wildman–Crippen MR) is 161 cm³/mol.